The first-order valence-electron chi connectivity index (χ1n) is 5.75. The molecular weight excluding hydrogens is 254 g/mol. The van der Waals surface area contributed by atoms with Crippen LogP contribution in [-0.4, -0.2) is 46.8 Å². The van der Waals surface area contributed by atoms with Crippen molar-refractivity contribution in [2.75, 3.05) is 24.6 Å². The van der Waals surface area contributed by atoms with Gasteiger partial charge in [0, 0.05) is 25.4 Å². The number of nitrogens with zero attached hydrogens (tertiary/aromatic N) is 3. The van der Waals surface area contributed by atoms with Gasteiger partial charge in [-0.15, -0.1) is 0 Å². The van der Waals surface area contributed by atoms with Gasteiger partial charge in [-0.25, -0.2) is 4.98 Å². The predicted molar refractivity (Wildman–Crippen MR) is 65.1 cm³/mol. The van der Waals surface area contributed by atoms with E-state index in [1.54, 1.807) is 4.90 Å². The minimum Gasteiger partial charge on any atom is -0.481 e. The Morgan fingerprint density at radius 1 is 1.68 bits per heavy atom. The molecule has 1 N–H and O–H groups in total. The number of carboxylic acid groups (broad SMARTS) is 1. The van der Waals surface area contributed by atoms with Gasteiger partial charge in [-0.1, -0.05) is 0 Å². The Morgan fingerprint density at radius 3 is 3.16 bits per heavy atom. The summed E-state index contributed by atoms with van der Waals surface area (Å²) < 4.78 is 5.33. The Kier molecular flexibility index (Phi) is 3.91. The van der Waals surface area contributed by atoms with E-state index in [1.807, 2.05) is 0 Å². The molecule has 1 aromatic rings. The molecule has 1 aliphatic heterocycles. The standard InChI is InChI=1S/C11H13N3O5/c15-11(16)6-9-7-13(3-4-19-9)10-5-8(14(17)18)1-2-12-10/h1-2,5,9H,3-4,6-7H2,(H,15,16). The fourth-order valence-corrected chi connectivity index (χ4v) is 1.94. The van der Waals surface area contributed by atoms with Crippen molar-refractivity contribution in [2.24, 2.45) is 0 Å². The van der Waals surface area contributed by atoms with Crippen molar-refractivity contribution in [3.63, 3.8) is 0 Å². The Balaban J connectivity index is 2.10. The highest BCUT2D eigenvalue weighted by molar-refractivity contribution is 5.67. The number of carbonyl (C=O) groups is 1. The van der Waals surface area contributed by atoms with Crippen LogP contribution in [0.3, 0.4) is 0 Å². The smallest absolute Gasteiger partial charge is 0.306 e. The van der Waals surface area contributed by atoms with Crippen molar-refractivity contribution < 1.29 is 19.6 Å². The van der Waals surface area contributed by atoms with Gasteiger partial charge in [0.05, 0.1) is 30.1 Å². The molecule has 102 valence electrons. The molecule has 1 aromatic heterocycles. The molecule has 8 heteroatoms. The number of anilines is 1. The number of aromatic nitrogens is 1. The van der Waals surface area contributed by atoms with Gasteiger partial charge >= 0.3 is 5.97 Å². The molecule has 1 unspecified atom stereocenters. The van der Waals surface area contributed by atoms with E-state index in [0.717, 1.165) is 0 Å². The highest BCUT2D eigenvalue weighted by Crippen LogP contribution is 2.21. The minimum atomic E-state index is -0.932. The molecule has 0 radical (unpaired) electrons. The summed E-state index contributed by atoms with van der Waals surface area (Å²) in [4.78, 5) is 26.7. The van der Waals surface area contributed by atoms with Crippen LogP contribution >= 0.6 is 0 Å². The van der Waals surface area contributed by atoms with Gasteiger partial charge in [-0.3, -0.25) is 14.9 Å². The van der Waals surface area contributed by atoms with Crippen LogP contribution in [-0.2, 0) is 9.53 Å². The Labute approximate surface area is 108 Å². The summed E-state index contributed by atoms with van der Waals surface area (Å²) in [7, 11) is 0. The van der Waals surface area contributed by atoms with Crippen molar-refractivity contribution >= 4 is 17.5 Å². The molecule has 1 aliphatic rings. The number of hydrogen-bond donors (Lipinski definition) is 1. The second-order valence-corrected chi connectivity index (χ2v) is 4.17. The zero-order valence-corrected chi connectivity index (χ0v) is 10.1. The molecule has 1 saturated heterocycles. The number of nitro groups is 1. The third-order valence-electron chi connectivity index (χ3n) is 2.80. The number of ether oxygens (including phenoxy) is 1. The molecule has 1 atom stereocenters. The highest BCUT2D eigenvalue weighted by atomic mass is 16.6. The fourth-order valence-electron chi connectivity index (χ4n) is 1.94. The molecule has 0 amide bonds. The number of carboxylic acids is 1. The lowest BCUT2D eigenvalue weighted by Gasteiger charge is -2.32. The molecule has 0 aliphatic carbocycles. The van der Waals surface area contributed by atoms with E-state index in [0.29, 0.717) is 25.5 Å². The summed E-state index contributed by atoms with van der Waals surface area (Å²) in [5, 5.41) is 19.4. The third kappa shape index (κ3) is 3.38. The molecule has 0 saturated carbocycles. The van der Waals surface area contributed by atoms with Gasteiger partial charge in [-0.05, 0) is 0 Å². The van der Waals surface area contributed by atoms with Crippen LogP contribution in [0.25, 0.3) is 0 Å². The topological polar surface area (TPSA) is 106 Å². The van der Waals surface area contributed by atoms with Crippen molar-refractivity contribution in [3.8, 4) is 0 Å². The van der Waals surface area contributed by atoms with Gasteiger partial charge in [0.25, 0.3) is 5.69 Å². The second-order valence-electron chi connectivity index (χ2n) is 4.17. The van der Waals surface area contributed by atoms with Crippen LogP contribution in [0, 0.1) is 10.1 Å². The fraction of sp³-hybridized carbons (Fsp3) is 0.455. The maximum Gasteiger partial charge on any atom is 0.306 e. The SMILES string of the molecule is O=C(O)CC1CN(c2cc([N+](=O)[O-])ccn2)CCO1. The van der Waals surface area contributed by atoms with E-state index in [9.17, 15) is 14.9 Å². The van der Waals surface area contributed by atoms with E-state index >= 15 is 0 Å². The first-order valence-corrected chi connectivity index (χ1v) is 5.75. The van der Waals surface area contributed by atoms with Crippen LogP contribution < -0.4 is 4.90 Å². The molecule has 2 heterocycles. The molecule has 19 heavy (non-hydrogen) atoms. The molecular formula is C11H13N3O5. The Hall–Kier alpha value is -2.22. The highest BCUT2D eigenvalue weighted by Gasteiger charge is 2.24. The maximum atomic E-state index is 10.7. The van der Waals surface area contributed by atoms with Gasteiger partial charge in [0.15, 0.2) is 0 Å². The number of rotatable bonds is 4. The van der Waals surface area contributed by atoms with Crippen LogP contribution in [0.4, 0.5) is 11.5 Å². The summed E-state index contributed by atoms with van der Waals surface area (Å²) in [6.07, 6.45) is 0.855. The monoisotopic (exact) mass is 267 g/mol. The van der Waals surface area contributed by atoms with Gasteiger partial charge in [0.1, 0.15) is 5.82 Å². The van der Waals surface area contributed by atoms with Gasteiger partial charge in [0.2, 0.25) is 0 Å². The van der Waals surface area contributed by atoms with Crippen molar-refractivity contribution in [3.05, 3.63) is 28.4 Å². The third-order valence-corrected chi connectivity index (χ3v) is 2.80. The van der Waals surface area contributed by atoms with Crippen LogP contribution in [0.15, 0.2) is 18.3 Å². The van der Waals surface area contributed by atoms with Crippen LogP contribution in [0.1, 0.15) is 6.42 Å². The van der Waals surface area contributed by atoms with Crippen molar-refractivity contribution in [2.45, 2.75) is 12.5 Å². The molecule has 2 rings (SSSR count). The molecule has 0 aromatic carbocycles. The van der Waals surface area contributed by atoms with Crippen LogP contribution in [0.5, 0.6) is 0 Å². The van der Waals surface area contributed by atoms with E-state index in [-0.39, 0.29) is 12.1 Å². The second kappa shape index (κ2) is 5.61. The maximum absolute atomic E-state index is 10.7. The summed E-state index contributed by atoms with van der Waals surface area (Å²) in [6, 6.07) is 2.70. The lowest BCUT2D eigenvalue weighted by atomic mass is 10.2. The first kappa shape index (κ1) is 13.2. The number of pyridine rings is 1. The van der Waals surface area contributed by atoms with Gasteiger partial charge in [-0.2, -0.15) is 0 Å². The first-order chi connectivity index (χ1) is 9.06. The normalized spacial score (nSPS) is 19.2. The Bertz CT molecular complexity index is 493. The average molecular weight is 267 g/mol. The summed E-state index contributed by atoms with van der Waals surface area (Å²) in [5.74, 6) is -0.466. The molecule has 0 bridgehead atoms. The van der Waals surface area contributed by atoms with E-state index in [2.05, 4.69) is 4.98 Å². The van der Waals surface area contributed by atoms with Crippen molar-refractivity contribution in [1.29, 1.82) is 0 Å². The Morgan fingerprint density at radius 2 is 2.47 bits per heavy atom. The summed E-state index contributed by atoms with van der Waals surface area (Å²) >= 11 is 0. The zero-order valence-electron chi connectivity index (χ0n) is 10.1. The average Bonchev–Trinajstić information content (AvgIpc) is 2.38. The molecule has 1 fully saturated rings. The van der Waals surface area contributed by atoms with E-state index in [4.69, 9.17) is 9.84 Å². The van der Waals surface area contributed by atoms with Gasteiger partial charge < -0.3 is 14.7 Å². The van der Waals surface area contributed by atoms with Crippen LogP contribution in [0.2, 0.25) is 0 Å². The quantitative estimate of drug-likeness (QED) is 0.631. The largest absolute Gasteiger partial charge is 0.481 e. The number of hydrogen-bond acceptors (Lipinski definition) is 6. The van der Waals surface area contributed by atoms with Crippen molar-refractivity contribution in [1.82, 2.24) is 4.98 Å². The predicted octanol–water partition coefficient (Wildman–Crippen LogP) is 0.670. The number of aliphatic carboxylic acids is 1. The summed E-state index contributed by atoms with van der Waals surface area (Å²) in [5.41, 5.74) is -0.0359. The molecule has 8 nitrogen and oxygen atoms in total. The zero-order chi connectivity index (χ0) is 13.8. The molecule has 0 spiro atoms. The lowest BCUT2D eigenvalue weighted by Crippen LogP contribution is -2.43. The lowest BCUT2D eigenvalue weighted by molar-refractivity contribution is -0.384. The van der Waals surface area contributed by atoms with E-state index < -0.39 is 17.0 Å². The summed E-state index contributed by atoms with van der Waals surface area (Å²) in [6.45, 7) is 1.27. The minimum absolute atomic E-state index is 0.0359. The van der Waals surface area contributed by atoms with E-state index in [1.165, 1.54) is 18.3 Å². The number of morpholine rings is 1.